The first-order valence-electron chi connectivity index (χ1n) is 18.1. The van der Waals surface area contributed by atoms with Crippen LogP contribution in [0, 0.1) is 22.7 Å². The summed E-state index contributed by atoms with van der Waals surface area (Å²) in [6, 6.07) is 44.4. The number of nitrogens with zero attached hydrogens (tertiary/aromatic N) is 4. The van der Waals surface area contributed by atoms with Gasteiger partial charge < -0.3 is 28.8 Å². The van der Waals surface area contributed by atoms with Crippen molar-refractivity contribution in [2.24, 2.45) is 0 Å². The first kappa shape index (κ1) is 37.3. The van der Waals surface area contributed by atoms with E-state index >= 15 is 0 Å². The lowest BCUT2D eigenvalue weighted by molar-refractivity contribution is -0.0597. The fourth-order valence-electron chi connectivity index (χ4n) is 7.69. The first-order valence-corrected chi connectivity index (χ1v) is 19.6. The molecule has 0 saturated carbocycles. The molecule has 0 aliphatic rings. The van der Waals surface area contributed by atoms with Gasteiger partial charge in [-0.25, -0.2) is 0 Å². The fraction of sp³-hybridized carbons (Fsp3) is 0.174. The lowest BCUT2D eigenvalue weighted by Gasteiger charge is -2.35. The minimum absolute atomic E-state index is 0.0122. The number of aliphatic hydroxyl groups is 2. The Labute approximate surface area is 340 Å². The summed E-state index contributed by atoms with van der Waals surface area (Å²) in [6.45, 7) is 3.66. The number of aromatic nitrogens is 2. The Balaban J connectivity index is 1.35. The number of halogens is 2. The van der Waals surface area contributed by atoms with Crippen LogP contribution in [0.4, 0.5) is 0 Å². The highest BCUT2D eigenvalue weighted by molar-refractivity contribution is 9.10. The van der Waals surface area contributed by atoms with E-state index in [1.54, 1.807) is 38.1 Å². The zero-order valence-electron chi connectivity index (χ0n) is 30.6. The van der Waals surface area contributed by atoms with Gasteiger partial charge in [-0.05, 0) is 105 Å². The van der Waals surface area contributed by atoms with E-state index < -0.39 is 17.3 Å². The van der Waals surface area contributed by atoms with Crippen LogP contribution in [-0.4, -0.2) is 37.2 Å². The molecule has 8 aromatic rings. The van der Waals surface area contributed by atoms with Crippen LogP contribution in [-0.2, 0) is 13.1 Å². The molecule has 8 nitrogen and oxygen atoms in total. The largest absolute Gasteiger partial charge is 0.491 e. The van der Waals surface area contributed by atoms with Crippen molar-refractivity contribution in [2.45, 2.75) is 44.2 Å². The number of hydrogen-bond acceptors (Lipinski definition) is 6. The Morgan fingerprint density at radius 1 is 0.625 bits per heavy atom. The normalized spacial score (nSPS) is 14.3. The summed E-state index contributed by atoms with van der Waals surface area (Å²) < 4.78 is 18.9. The third-order valence-corrected chi connectivity index (χ3v) is 11.1. The maximum absolute atomic E-state index is 13.0. The van der Waals surface area contributed by atoms with Crippen LogP contribution in [0.15, 0.2) is 136 Å². The van der Waals surface area contributed by atoms with Crippen molar-refractivity contribution in [3.05, 3.63) is 153 Å². The van der Waals surface area contributed by atoms with Crippen molar-refractivity contribution in [1.29, 1.82) is 10.5 Å². The van der Waals surface area contributed by atoms with Gasteiger partial charge in [0.2, 0.25) is 0 Å². The third-order valence-electron chi connectivity index (χ3n) is 10.1. The summed E-state index contributed by atoms with van der Waals surface area (Å²) in [5.41, 5.74) is 1.65. The van der Waals surface area contributed by atoms with Crippen molar-refractivity contribution in [1.82, 2.24) is 9.13 Å². The number of benzene rings is 6. The van der Waals surface area contributed by atoms with Gasteiger partial charge in [0, 0.05) is 52.6 Å². The summed E-state index contributed by atoms with van der Waals surface area (Å²) in [4.78, 5) is 0. The van der Waals surface area contributed by atoms with E-state index in [4.69, 9.17) is 9.47 Å². The van der Waals surface area contributed by atoms with Crippen LogP contribution in [0.2, 0.25) is 0 Å². The van der Waals surface area contributed by atoms with Gasteiger partial charge in [0.1, 0.15) is 29.3 Å². The number of fused-ring (bicyclic) bond motifs is 6. The molecular weight excluding hydrogens is 832 g/mol. The molecule has 2 heterocycles. The van der Waals surface area contributed by atoms with Gasteiger partial charge in [-0.2, -0.15) is 10.5 Å². The lowest BCUT2D eigenvalue weighted by atomic mass is 9.89. The summed E-state index contributed by atoms with van der Waals surface area (Å²) >= 11 is 7.29. The molecular formula is C46H36Br2N4O4. The molecule has 0 amide bonds. The molecule has 0 aliphatic heterocycles. The topological polar surface area (TPSA) is 116 Å². The quantitative estimate of drug-likeness (QED) is 0.134. The molecule has 3 atom stereocenters. The molecule has 278 valence electrons. The van der Waals surface area contributed by atoms with Crippen LogP contribution < -0.4 is 9.47 Å². The molecule has 8 rings (SSSR count). The number of ether oxygens (including phenoxy) is 2. The highest BCUT2D eigenvalue weighted by Crippen LogP contribution is 2.43. The first-order chi connectivity index (χ1) is 26.9. The Morgan fingerprint density at radius 3 is 1.77 bits per heavy atom. The number of para-hydroxylation sites is 2. The van der Waals surface area contributed by atoms with E-state index in [0.717, 1.165) is 41.7 Å². The molecule has 0 spiro atoms. The zero-order chi connectivity index (χ0) is 39.2. The Hall–Kier alpha value is -5.62. The van der Waals surface area contributed by atoms with Crippen LogP contribution in [0.3, 0.4) is 0 Å². The molecule has 0 aliphatic carbocycles. The van der Waals surface area contributed by atoms with E-state index in [1.807, 2.05) is 95.6 Å². The smallest absolute Gasteiger partial charge is 0.156 e. The highest BCUT2D eigenvalue weighted by Gasteiger charge is 2.40. The summed E-state index contributed by atoms with van der Waals surface area (Å²) in [5, 5.41) is 48.8. The van der Waals surface area contributed by atoms with Crippen molar-refractivity contribution in [3.63, 3.8) is 0 Å². The maximum atomic E-state index is 13.0. The number of nitriles is 2. The molecule has 0 radical (unpaired) electrons. The Kier molecular flexibility index (Phi) is 9.86. The zero-order valence-corrected chi connectivity index (χ0v) is 33.8. The highest BCUT2D eigenvalue weighted by atomic mass is 79.9. The van der Waals surface area contributed by atoms with E-state index in [2.05, 4.69) is 60.7 Å². The SMILES string of the molecule is CC(O)(COc1ccccc1)Cn1c2ccc(C#N)cc2c2cc(C#N)cc(C(Oc3ccccc3)C(C)(O)Cn3c4ccc(Br)cc4c4cc(Br)ccc43)c21. The minimum Gasteiger partial charge on any atom is -0.491 e. The second-order valence-electron chi connectivity index (χ2n) is 14.7. The molecule has 2 N–H and O–H groups in total. The summed E-state index contributed by atoms with van der Waals surface area (Å²) in [6.07, 6.45) is -1.04. The fourth-order valence-corrected chi connectivity index (χ4v) is 8.42. The summed E-state index contributed by atoms with van der Waals surface area (Å²) in [5.74, 6) is 1.16. The van der Waals surface area contributed by atoms with Gasteiger partial charge in [0.25, 0.3) is 0 Å². The molecule has 2 aromatic heterocycles. The number of hydrogen-bond donors (Lipinski definition) is 2. The predicted molar refractivity (Wildman–Crippen MR) is 227 cm³/mol. The van der Waals surface area contributed by atoms with Gasteiger partial charge in [-0.1, -0.05) is 68.3 Å². The molecule has 10 heteroatoms. The molecule has 3 unspecified atom stereocenters. The molecule has 6 aromatic carbocycles. The van der Waals surface area contributed by atoms with Crippen molar-refractivity contribution < 1.29 is 19.7 Å². The van der Waals surface area contributed by atoms with Gasteiger partial charge in [0.05, 0.1) is 41.9 Å². The second kappa shape index (κ2) is 14.8. The average Bonchev–Trinajstić information content (AvgIpc) is 3.66. The monoisotopic (exact) mass is 866 g/mol. The Bertz CT molecular complexity index is 2790. The van der Waals surface area contributed by atoms with Crippen molar-refractivity contribution in [3.8, 4) is 23.6 Å². The maximum Gasteiger partial charge on any atom is 0.156 e. The molecule has 0 fully saturated rings. The predicted octanol–water partition coefficient (Wildman–Crippen LogP) is 10.6. The summed E-state index contributed by atoms with van der Waals surface area (Å²) in [7, 11) is 0. The van der Waals surface area contributed by atoms with Gasteiger partial charge in [-0.3, -0.25) is 0 Å². The van der Waals surface area contributed by atoms with Crippen molar-refractivity contribution >= 4 is 75.5 Å². The standard InChI is InChI=1S/C46H36Br2N4O4/c1-45(53,28-55-33-9-5-3-6-10-33)26-52-42-16-13-29(24-49)19-35(42)38-20-30(25-50)21-39(43(38)52)44(56-34-11-7-4-8-12-34)46(2,54)27-51-40-17-14-31(47)22-36(40)37-23-32(48)15-18-41(37)51/h3-23,44,53-54H,26-28H2,1-2H3. The Morgan fingerprint density at radius 2 is 1.16 bits per heavy atom. The van der Waals surface area contributed by atoms with Crippen LogP contribution in [0.25, 0.3) is 43.6 Å². The van der Waals surface area contributed by atoms with E-state index in [9.17, 15) is 20.7 Å². The van der Waals surface area contributed by atoms with Crippen LogP contribution in [0.1, 0.15) is 36.6 Å². The van der Waals surface area contributed by atoms with Crippen LogP contribution >= 0.6 is 31.9 Å². The van der Waals surface area contributed by atoms with E-state index in [-0.39, 0.29) is 19.7 Å². The second-order valence-corrected chi connectivity index (χ2v) is 16.5. The number of rotatable bonds is 11. The van der Waals surface area contributed by atoms with Crippen molar-refractivity contribution in [2.75, 3.05) is 6.61 Å². The van der Waals surface area contributed by atoms with E-state index in [0.29, 0.717) is 39.1 Å². The lowest BCUT2D eigenvalue weighted by Crippen LogP contribution is -2.41. The van der Waals surface area contributed by atoms with Gasteiger partial charge in [-0.15, -0.1) is 0 Å². The van der Waals surface area contributed by atoms with Crippen LogP contribution in [0.5, 0.6) is 11.5 Å². The molecule has 56 heavy (non-hydrogen) atoms. The van der Waals surface area contributed by atoms with E-state index in [1.165, 1.54) is 0 Å². The van der Waals surface area contributed by atoms with Gasteiger partial charge in [0.15, 0.2) is 6.10 Å². The third kappa shape index (κ3) is 7.13. The average molecular weight is 869 g/mol. The minimum atomic E-state index is -1.60. The molecule has 0 saturated heterocycles. The van der Waals surface area contributed by atoms with Gasteiger partial charge >= 0.3 is 0 Å². The molecule has 0 bridgehead atoms.